The van der Waals surface area contributed by atoms with E-state index in [0.717, 1.165) is 16.2 Å². The summed E-state index contributed by atoms with van der Waals surface area (Å²) in [7, 11) is 1.72. The Labute approximate surface area is 161 Å². The maximum absolute atomic E-state index is 13.3. The Morgan fingerprint density at radius 3 is 2.83 bits per heavy atom. The Morgan fingerprint density at radius 2 is 2.12 bits per heavy atom. The lowest BCUT2D eigenvalue weighted by Crippen LogP contribution is -2.36. The van der Waals surface area contributed by atoms with Crippen molar-refractivity contribution in [3.05, 3.63) is 58.6 Å². The van der Waals surface area contributed by atoms with Crippen molar-refractivity contribution < 1.29 is 4.39 Å². The smallest absolute Gasteiger partial charge is 0.193 e. The number of aliphatic imine (C=N–C) groups is 1. The number of imidazole rings is 1. The number of hydrogen-bond donors (Lipinski definition) is 2. The zero-order chi connectivity index (χ0) is 16.2. The predicted molar refractivity (Wildman–Crippen MR) is 107 cm³/mol. The third kappa shape index (κ3) is 4.44. The molecule has 0 radical (unpaired) electrons. The van der Waals surface area contributed by atoms with Crippen molar-refractivity contribution in [2.75, 3.05) is 7.05 Å². The van der Waals surface area contributed by atoms with Crippen molar-refractivity contribution in [1.29, 1.82) is 0 Å². The number of fused-ring (bicyclic) bond motifs is 1. The first-order valence-electron chi connectivity index (χ1n) is 7.26. The average Bonchev–Trinajstić information content (AvgIpc) is 3.12. The van der Waals surface area contributed by atoms with Crippen LogP contribution in [-0.2, 0) is 13.1 Å². The highest BCUT2D eigenvalue weighted by Crippen LogP contribution is 2.11. The van der Waals surface area contributed by atoms with E-state index in [1.165, 1.54) is 6.07 Å². The van der Waals surface area contributed by atoms with Crippen LogP contribution in [-0.4, -0.2) is 22.4 Å². The second-order valence-corrected chi connectivity index (χ2v) is 6.06. The standard InChI is InChI=1S/C16H18FN5S.HI/c1-11-7-12(3-4-14(11)17)8-19-15(18-2)20-9-13-10-22-5-6-23-16(22)21-13;/h3-7,10H,8-9H2,1-2H3,(H2,18,19,20);1H. The molecule has 0 aliphatic carbocycles. The van der Waals surface area contributed by atoms with Crippen molar-refractivity contribution in [2.24, 2.45) is 4.99 Å². The molecular weight excluding hydrogens is 440 g/mol. The summed E-state index contributed by atoms with van der Waals surface area (Å²) in [6.45, 7) is 2.94. The maximum atomic E-state index is 13.3. The van der Waals surface area contributed by atoms with Gasteiger partial charge in [0.1, 0.15) is 5.82 Å². The molecular formula is C16H19FIN5S. The van der Waals surface area contributed by atoms with E-state index < -0.39 is 0 Å². The van der Waals surface area contributed by atoms with E-state index >= 15 is 0 Å². The Balaban J connectivity index is 0.00000208. The molecule has 0 aliphatic heterocycles. The van der Waals surface area contributed by atoms with E-state index in [2.05, 4.69) is 20.6 Å². The number of hydrogen-bond acceptors (Lipinski definition) is 3. The van der Waals surface area contributed by atoms with Crippen LogP contribution in [0.5, 0.6) is 0 Å². The molecule has 0 spiro atoms. The Kier molecular flexibility index (Phi) is 6.55. The highest BCUT2D eigenvalue weighted by atomic mass is 127. The van der Waals surface area contributed by atoms with Crippen LogP contribution in [0.4, 0.5) is 4.39 Å². The van der Waals surface area contributed by atoms with Gasteiger partial charge < -0.3 is 10.6 Å². The SMILES string of the molecule is CN=C(NCc1ccc(F)c(C)c1)NCc1cn2ccsc2n1.I. The molecule has 0 fully saturated rings. The fourth-order valence-electron chi connectivity index (χ4n) is 2.26. The van der Waals surface area contributed by atoms with Crippen LogP contribution in [0.1, 0.15) is 16.8 Å². The molecule has 0 amide bonds. The molecule has 1 aromatic carbocycles. The van der Waals surface area contributed by atoms with E-state index in [1.807, 2.05) is 28.2 Å². The molecule has 2 aromatic heterocycles. The van der Waals surface area contributed by atoms with Gasteiger partial charge in [0.25, 0.3) is 0 Å². The summed E-state index contributed by atoms with van der Waals surface area (Å²) in [5, 5.41) is 8.45. The molecule has 24 heavy (non-hydrogen) atoms. The number of benzene rings is 1. The molecule has 128 valence electrons. The van der Waals surface area contributed by atoms with Crippen molar-refractivity contribution in [3.63, 3.8) is 0 Å². The Morgan fingerprint density at radius 1 is 1.33 bits per heavy atom. The Bertz CT molecular complexity index is 813. The van der Waals surface area contributed by atoms with E-state index in [0.29, 0.717) is 24.6 Å². The molecule has 0 unspecified atom stereocenters. The van der Waals surface area contributed by atoms with Gasteiger partial charge in [0.2, 0.25) is 0 Å². The number of rotatable bonds is 4. The largest absolute Gasteiger partial charge is 0.352 e. The van der Waals surface area contributed by atoms with E-state index in [4.69, 9.17) is 0 Å². The summed E-state index contributed by atoms with van der Waals surface area (Å²) in [4.78, 5) is 9.68. The lowest BCUT2D eigenvalue weighted by atomic mass is 10.1. The third-order valence-corrected chi connectivity index (χ3v) is 4.26. The molecule has 0 saturated heterocycles. The second-order valence-electron chi connectivity index (χ2n) is 5.19. The predicted octanol–water partition coefficient (Wildman–Crippen LogP) is 3.33. The summed E-state index contributed by atoms with van der Waals surface area (Å²) in [5.41, 5.74) is 2.61. The summed E-state index contributed by atoms with van der Waals surface area (Å²) >= 11 is 1.61. The van der Waals surface area contributed by atoms with E-state index in [9.17, 15) is 4.39 Å². The summed E-state index contributed by atoms with van der Waals surface area (Å²) in [6, 6.07) is 5.09. The fourth-order valence-corrected chi connectivity index (χ4v) is 2.98. The maximum Gasteiger partial charge on any atom is 0.193 e. The van der Waals surface area contributed by atoms with Crippen LogP contribution in [0.2, 0.25) is 0 Å². The highest BCUT2D eigenvalue weighted by molar-refractivity contribution is 14.0. The van der Waals surface area contributed by atoms with Crippen LogP contribution in [0.15, 0.2) is 41.0 Å². The molecule has 2 N–H and O–H groups in total. The van der Waals surface area contributed by atoms with Gasteiger partial charge in [0.05, 0.1) is 12.2 Å². The molecule has 3 rings (SSSR count). The molecule has 0 bridgehead atoms. The van der Waals surface area contributed by atoms with Crippen molar-refractivity contribution in [1.82, 2.24) is 20.0 Å². The van der Waals surface area contributed by atoms with Crippen molar-refractivity contribution in [3.8, 4) is 0 Å². The van der Waals surface area contributed by atoms with Gasteiger partial charge in [-0.15, -0.1) is 35.3 Å². The van der Waals surface area contributed by atoms with Gasteiger partial charge in [-0.05, 0) is 24.1 Å². The summed E-state index contributed by atoms with van der Waals surface area (Å²) < 4.78 is 15.3. The molecule has 2 heterocycles. The number of thiazole rings is 1. The fraction of sp³-hybridized carbons (Fsp3) is 0.250. The molecule has 0 saturated carbocycles. The number of aryl methyl sites for hydroxylation is 1. The van der Waals surface area contributed by atoms with E-state index in [1.54, 1.807) is 31.4 Å². The summed E-state index contributed by atoms with van der Waals surface area (Å²) in [5.74, 6) is 0.499. The van der Waals surface area contributed by atoms with Gasteiger partial charge in [-0.3, -0.25) is 9.39 Å². The van der Waals surface area contributed by atoms with Crippen molar-refractivity contribution >= 4 is 46.2 Å². The van der Waals surface area contributed by atoms with E-state index in [-0.39, 0.29) is 29.8 Å². The lowest BCUT2D eigenvalue weighted by molar-refractivity contribution is 0.617. The first-order valence-corrected chi connectivity index (χ1v) is 8.14. The minimum atomic E-state index is -0.184. The highest BCUT2D eigenvalue weighted by Gasteiger charge is 2.05. The molecule has 0 atom stereocenters. The number of aromatic nitrogens is 2. The minimum absolute atomic E-state index is 0. The monoisotopic (exact) mass is 459 g/mol. The number of nitrogens with zero attached hydrogens (tertiary/aromatic N) is 3. The quantitative estimate of drug-likeness (QED) is 0.358. The van der Waals surface area contributed by atoms with Crippen molar-refractivity contribution in [2.45, 2.75) is 20.0 Å². The zero-order valence-electron chi connectivity index (χ0n) is 13.4. The molecule has 5 nitrogen and oxygen atoms in total. The van der Waals surface area contributed by atoms with Crippen LogP contribution < -0.4 is 10.6 Å². The zero-order valence-corrected chi connectivity index (χ0v) is 16.6. The van der Waals surface area contributed by atoms with Crippen LogP contribution in [0, 0.1) is 12.7 Å². The third-order valence-electron chi connectivity index (χ3n) is 3.49. The van der Waals surface area contributed by atoms with Crippen LogP contribution in [0.3, 0.4) is 0 Å². The normalized spacial score (nSPS) is 11.4. The average molecular weight is 459 g/mol. The number of halogens is 2. The van der Waals surface area contributed by atoms with Gasteiger partial charge in [0.15, 0.2) is 10.9 Å². The topological polar surface area (TPSA) is 53.7 Å². The molecule has 8 heteroatoms. The van der Waals surface area contributed by atoms with Gasteiger partial charge >= 0.3 is 0 Å². The minimum Gasteiger partial charge on any atom is -0.352 e. The first-order chi connectivity index (χ1) is 11.2. The molecule has 0 aliphatic rings. The number of guanidine groups is 1. The van der Waals surface area contributed by atoms with Gasteiger partial charge in [0, 0.05) is 31.4 Å². The summed E-state index contributed by atoms with van der Waals surface area (Å²) in [6.07, 6.45) is 3.98. The first kappa shape index (κ1) is 18.7. The molecule has 3 aromatic rings. The lowest BCUT2D eigenvalue weighted by Gasteiger charge is -2.11. The Hall–Kier alpha value is -1.68. The second kappa shape index (κ2) is 8.43. The van der Waals surface area contributed by atoms with Gasteiger partial charge in [-0.25, -0.2) is 9.37 Å². The van der Waals surface area contributed by atoms with Gasteiger partial charge in [-0.1, -0.05) is 12.1 Å². The van der Waals surface area contributed by atoms with Crippen LogP contribution >= 0.6 is 35.3 Å². The number of nitrogens with one attached hydrogen (secondary N) is 2. The van der Waals surface area contributed by atoms with Gasteiger partial charge in [-0.2, -0.15) is 0 Å². The van der Waals surface area contributed by atoms with Crippen LogP contribution in [0.25, 0.3) is 4.96 Å².